The first-order valence-corrected chi connectivity index (χ1v) is 13.3. The number of hydrogen-bond donors (Lipinski definition) is 1. The molecule has 0 fully saturated rings. The highest BCUT2D eigenvalue weighted by molar-refractivity contribution is 7.22. The number of carbonyl (C=O) groups excluding carboxylic acids is 2. The fraction of sp³-hybridized carbons (Fsp3) is 0.357. The van der Waals surface area contributed by atoms with Crippen LogP contribution in [0.3, 0.4) is 0 Å². The molecule has 3 heterocycles. The molecule has 0 spiro atoms. The average Bonchev–Trinajstić information content (AvgIpc) is 3.27. The summed E-state index contributed by atoms with van der Waals surface area (Å²) in [5, 5.41) is 4.11. The van der Waals surface area contributed by atoms with Gasteiger partial charge in [0.15, 0.2) is 11.2 Å². The number of aromatic nitrogens is 2. The maximum Gasteiger partial charge on any atom is 0.340 e. The van der Waals surface area contributed by atoms with Gasteiger partial charge in [0.05, 0.1) is 21.3 Å². The van der Waals surface area contributed by atoms with E-state index < -0.39 is 12.1 Å². The largest absolute Gasteiger partial charge is 0.449 e. The second kappa shape index (κ2) is 10.3. The number of nitrogens with one attached hydrogen (secondary N) is 1. The van der Waals surface area contributed by atoms with Crippen LogP contribution in [0, 0.1) is 6.92 Å². The average molecular weight is 503 g/mol. The molecule has 1 amide bonds. The number of benzene rings is 2. The zero-order valence-electron chi connectivity index (χ0n) is 20.8. The van der Waals surface area contributed by atoms with E-state index in [4.69, 9.17) is 9.72 Å². The Morgan fingerprint density at radius 3 is 2.78 bits per heavy atom. The summed E-state index contributed by atoms with van der Waals surface area (Å²) in [6.07, 6.45) is 1.26. The number of rotatable bonds is 7. The quantitative estimate of drug-likeness (QED) is 0.336. The van der Waals surface area contributed by atoms with Gasteiger partial charge in [-0.3, -0.25) is 20.0 Å². The second-order valence-corrected chi connectivity index (χ2v) is 10.3. The lowest BCUT2D eigenvalue weighted by Gasteiger charge is -2.29. The number of ether oxygens (including phenoxy) is 1. The standard InChI is InChI=1S/C28H30N4O3S/c1-4-13-32-14-12-21-19(16-32)25(18-8-6-7-9-20(18)29-21)27(34)35-23(5-2)26(33)31-28-30-22-11-10-17(3)15-24(22)36-28/h6-11,15,23H,4-5,12-14,16H2,1-3H3,(H,30,31,33). The van der Waals surface area contributed by atoms with Gasteiger partial charge in [-0.05, 0) is 50.1 Å². The molecule has 0 saturated heterocycles. The van der Waals surface area contributed by atoms with Gasteiger partial charge < -0.3 is 4.74 Å². The predicted octanol–water partition coefficient (Wildman–Crippen LogP) is 5.50. The topological polar surface area (TPSA) is 84.4 Å². The Balaban J connectivity index is 1.42. The van der Waals surface area contributed by atoms with Crippen molar-refractivity contribution in [3.05, 3.63) is 64.8 Å². The molecule has 4 aromatic rings. The molecule has 0 bridgehead atoms. The third kappa shape index (κ3) is 4.83. The van der Waals surface area contributed by atoms with E-state index in [1.807, 2.05) is 56.3 Å². The van der Waals surface area contributed by atoms with Crippen LogP contribution in [-0.4, -0.2) is 45.9 Å². The SMILES string of the molecule is CCCN1CCc2nc3ccccc3c(C(=O)OC(CC)C(=O)Nc3nc4ccc(C)cc4s3)c2C1. The van der Waals surface area contributed by atoms with E-state index in [1.165, 1.54) is 11.3 Å². The van der Waals surface area contributed by atoms with Crippen LogP contribution in [0.15, 0.2) is 42.5 Å². The number of esters is 1. The Morgan fingerprint density at radius 2 is 1.97 bits per heavy atom. The molecule has 8 heteroatoms. The van der Waals surface area contributed by atoms with Crippen molar-refractivity contribution in [2.24, 2.45) is 0 Å². The maximum atomic E-state index is 13.6. The van der Waals surface area contributed by atoms with Gasteiger partial charge in [-0.1, -0.05) is 49.4 Å². The van der Waals surface area contributed by atoms with Crippen LogP contribution in [-0.2, 0) is 22.5 Å². The molecule has 186 valence electrons. The van der Waals surface area contributed by atoms with Crippen molar-refractivity contribution < 1.29 is 14.3 Å². The number of aryl methyl sites for hydroxylation is 1. The molecule has 1 unspecified atom stereocenters. The smallest absolute Gasteiger partial charge is 0.340 e. The minimum Gasteiger partial charge on any atom is -0.449 e. The fourth-order valence-electron chi connectivity index (χ4n) is 4.77. The molecule has 2 aromatic heterocycles. The molecule has 1 aliphatic heterocycles. The molecule has 2 aromatic carbocycles. The van der Waals surface area contributed by atoms with Crippen molar-refractivity contribution >= 4 is 49.5 Å². The maximum absolute atomic E-state index is 13.6. The summed E-state index contributed by atoms with van der Waals surface area (Å²) in [4.78, 5) is 38.4. The number of nitrogens with zero attached hydrogens (tertiary/aromatic N) is 3. The molecular formula is C28H30N4O3S. The summed E-state index contributed by atoms with van der Waals surface area (Å²) < 4.78 is 6.86. The van der Waals surface area contributed by atoms with Crippen LogP contribution in [0.1, 0.15) is 53.9 Å². The van der Waals surface area contributed by atoms with E-state index in [1.54, 1.807) is 0 Å². The van der Waals surface area contributed by atoms with Gasteiger partial charge in [0.1, 0.15) is 0 Å². The summed E-state index contributed by atoms with van der Waals surface area (Å²) in [6, 6.07) is 13.6. The van der Waals surface area contributed by atoms with Crippen molar-refractivity contribution in [2.45, 2.75) is 52.7 Å². The normalized spacial score (nSPS) is 14.5. The lowest BCUT2D eigenvalue weighted by atomic mass is 9.95. The van der Waals surface area contributed by atoms with Crippen molar-refractivity contribution in [3.8, 4) is 0 Å². The van der Waals surface area contributed by atoms with Gasteiger partial charge >= 0.3 is 5.97 Å². The van der Waals surface area contributed by atoms with Gasteiger partial charge in [-0.15, -0.1) is 0 Å². The molecule has 1 N–H and O–H groups in total. The zero-order chi connectivity index (χ0) is 25.2. The first-order valence-electron chi connectivity index (χ1n) is 12.5. The molecule has 1 aliphatic rings. The summed E-state index contributed by atoms with van der Waals surface area (Å²) >= 11 is 1.41. The Morgan fingerprint density at radius 1 is 1.14 bits per heavy atom. The van der Waals surface area contributed by atoms with E-state index in [-0.39, 0.29) is 5.91 Å². The van der Waals surface area contributed by atoms with Crippen molar-refractivity contribution in [3.63, 3.8) is 0 Å². The van der Waals surface area contributed by atoms with E-state index >= 15 is 0 Å². The first kappa shape index (κ1) is 24.3. The van der Waals surface area contributed by atoms with Crippen LogP contribution in [0.4, 0.5) is 5.13 Å². The molecule has 36 heavy (non-hydrogen) atoms. The lowest BCUT2D eigenvalue weighted by molar-refractivity contribution is -0.124. The summed E-state index contributed by atoms with van der Waals surface area (Å²) in [7, 11) is 0. The summed E-state index contributed by atoms with van der Waals surface area (Å²) in [5.74, 6) is -0.855. The fourth-order valence-corrected chi connectivity index (χ4v) is 5.73. The van der Waals surface area contributed by atoms with Crippen molar-refractivity contribution in [1.82, 2.24) is 14.9 Å². The number of para-hydroxylation sites is 1. The van der Waals surface area contributed by atoms with Crippen molar-refractivity contribution in [2.75, 3.05) is 18.4 Å². The monoisotopic (exact) mass is 502 g/mol. The van der Waals surface area contributed by atoms with E-state index in [2.05, 4.69) is 22.1 Å². The van der Waals surface area contributed by atoms with Crippen LogP contribution in [0.2, 0.25) is 0 Å². The summed E-state index contributed by atoms with van der Waals surface area (Å²) in [6.45, 7) is 8.54. The zero-order valence-corrected chi connectivity index (χ0v) is 21.7. The van der Waals surface area contributed by atoms with Crippen LogP contribution < -0.4 is 5.32 Å². The Labute approximate surface area is 214 Å². The predicted molar refractivity (Wildman–Crippen MR) is 143 cm³/mol. The number of carbonyl (C=O) groups is 2. The molecular weight excluding hydrogens is 472 g/mol. The lowest BCUT2D eigenvalue weighted by Crippen LogP contribution is -2.35. The minimum atomic E-state index is -0.927. The van der Waals surface area contributed by atoms with Gasteiger partial charge in [0.25, 0.3) is 5.91 Å². The van der Waals surface area contributed by atoms with E-state index in [0.717, 1.165) is 63.9 Å². The van der Waals surface area contributed by atoms with Gasteiger partial charge in [0, 0.05) is 36.2 Å². The Hall–Kier alpha value is -3.36. The van der Waals surface area contributed by atoms with Crippen LogP contribution >= 0.6 is 11.3 Å². The molecule has 5 rings (SSSR count). The van der Waals surface area contributed by atoms with Gasteiger partial charge in [-0.25, -0.2) is 9.78 Å². The van der Waals surface area contributed by atoms with Crippen molar-refractivity contribution in [1.29, 1.82) is 0 Å². The number of thiazole rings is 1. The molecule has 1 atom stereocenters. The number of fused-ring (bicyclic) bond motifs is 3. The molecule has 0 saturated carbocycles. The van der Waals surface area contributed by atoms with E-state index in [9.17, 15) is 9.59 Å². The number of pyridine rings is 1. The molecule has 7 nitrogen and oxygen atoms in total. The number of anilines is 1. The number of hydrogen-bond acceptors (Lipinski definition) is 7. The van der Waals surface area contributed by atoms with E-state index in [0.29, 0.717) is 23.7 Å². The Kier molecular flexibility index (Phi) is 6.98. The van der Waals surface area contributed by atoms with Crippen LogP contribution in [0.25, 0.3) is 21.1 Å². The second-order valence-electron chi connectivity index (χ2n) is 9.24. The third-order valence-electron chi connectivity index (χ3n) is 6.56. The first-order chi connectivity index (χ1) is 17.5. The third-order valence-corrected chi connectivity index (χ3v) is 7.49. The van der Waals surface area contributed by atoms with Crippen LogP contribution in [0.5, 0.6) is 0 Å². The highest BCUT2D eigenvalue weighted by Crippen LogP contribution is 2.30. The highest BCUT2D eigenvalue weighted by atomic mass is 32.1. The molecule has 0 aliphatic carbocycles. The van der Waals surface area contributed by atoms with Gasteiger partial charge in [0.2, 0.25) is 0 Å². The minimum absolute atomic E-state index is 0.356. The highest BCUT2D eigenvalue weighted by Gasteiger charge is 2.29. The molecule has 0 radical (unpaired) electrons. The summed E-state index contributed by atoms with van der Waals surface area (Å²) in [5.41, 5.74) is 5.12. The Bertz CT molecular complexity index is 1450. The van der Waals surface area contributed by atoms with Gasteiger partial charge in [-0.2, -0.15) is 0 Å². The number of amides is 1.